The summed E-state index contributed by atoms with van der Waals surface area (Å²) in [5, 5.41) is 6.02. The van der Waals surface area contributed by atoms with Crippen molar-refractivity contribution >= 4 is 28.6 Å². The van der Waals surface area contributed by atoms with Crippen molar-refractivity contribution < 1.29 is 4.79 Å². The predicted molar refractivity (Wildman–Crippen MR) is 121 cm³/mol. The fourth-order valence-electron chi connectivity index (χ4n) is 3.56. The van der Waals surface area contributed by atoms with E-state index in [4.69, 9.17) is 0 Å². The van der Waals surface area contributed by atoms with Crippen LogP contribution < -0.4 is 10.2 Å². The fraction of sp³-hybridized carbons (Fsp3) is 0.304. The number of amides is 1. The van der Waals surface area contributed by atoms with Crippen LogP contribution in [0.4, 0.5) is 11.4 Å². The number of para-hydroxylation sites is 2. The van der Waals surface area contributed by atoms with E-state index in [9.17, 15) is 4.79 Å². The topological polar surface area (TPSA) is 48.5 Å². The molecule has 1 N–H and O–H groups in total. The van der Waals surface area contributed by atoms with Crippen molar-refractivity contribution in [3.8, 4) is 10.6 Å². The molecule has 5 nitrogen and oxygen atoms in total. The first kappa shape index (κ1) is 19.6. The second-order valence-corrected chi connectivity index (χ2v) is 8.40. The van der Waals surface area contributed by atoms with Crippen LogP contribution >= 0.6 is 11.3 Å². The first-order chi connectivity index (χ1) is 14.1. The molecule has 1 aliphatic rings. The molecular weight excluding hydrogens is 380 g/mol. The minimum absolute atomic E-state index is 0.0346. The Kier molecular flexibility index (Phi) is 5.92. The summed E-state index contributed by atoms with van der Waals surface area (Å²) in [6.45, 7) is 6.07. The molecule has 1 amide bonds. The number of rotatable bonds is 5. The number of aryl methyl sites for hydroxylation is 1. The number of piperazine rings is 1. The van der Waals surface area contributed by atoms with Gasteiger partial charge in [0.05, 0.1) is 23.5 Å². The molecule has 4 rings (SSSR count). The third-order valence-electron chi connectivity index (χ3n) is 5.18. The number of carbonyl (C=O) groups excluding carboxylic acids is 1. The van der Waals surface area contributed by atoms with Crippen molar-refractivity contribution in [1.29, 1.82) is 0 Å². The Morgan fingerprint density at radius 3 is 2.69 bits per heavy atom. The van der Waals surface area contributed by atoms with Crippen LogP contribution in [0.3, 0.4) is 0 Å². The van der Waals surface area contributed by atoms with E-state index >= 15 is 0 Å². The van der Waals surface area contributed by atoms with Crippen LogP contribution in [-0.4, -0.2) is 49.0 Å². The van der Waals surface area contributed by atoms with Gasteiger partial charge < -0.3 is 15.1 Å². The first-order valence-electron chi connectivity index (χ1n) is 9.92. The summed E-state index contributed by atoms with van der Waals surface area (Å²) < 4.78 is 0. The molecule has 1 aliphatic heterocycles. The lowest BCUT2D eigenvalue weighted by molar-refractivity contribution is -0.115. The van der Waals surface area contributed by atoms with Crippen LogP contribution in [0.25, 0.3) is 10.6 Å². The quantitative estimate of drug-likeness (QED) is 0.694. The molecule has 0 bridgehead atoms. The van der Waals surface area contributed by atoms with Gasteiger partial charge in [0.25, 0.3) is 0 Å². The van der Waals surface area contributed by atoms with Crippen molar-refractivity contribution in [2.75, 3.05) is 43.4 Å². The van der Waals surface area contributed by atoms with Gasteiger partial charge in [-0.3, -0.25) is 4.79 Å². The Balaban J connectivity index is 1.43. The van der Waals surface area contributed by atoms with Gasteiger partial charge in [0, 0.05) is 37.1 Å². The molecule has 150 valence electrons. The zero-order valence-corrected chi connectivity index (χ0v) is 17.7. The van der Waals surface area contributed by atoms with E-state index in [-0.39, 0.29) is 12.3 Å². The molecular formula is C23H26N4OS. The second kappa shape index (κ2) is 8.76. The first-order valence-corrected chi connectivity index (χ1v) is 10.8. The van der Waals surface area contributed by atoms with E-state index < -0.39 is 0 Å². The van der Waals surface area contributed by atoms with E-state index in [2.05, 4.69) is 58.3 Å². The monoisotopic (exact) mass is 406 g/mol. The van der Waals surface area contributed by atoms with Gasteiger partial charge in [0.15, 0.2) is 0 Å². The zero-order valence-electron chi connectivity index (χ0n) is 16.9. The maximum atomic E-state index is 12.7. The number of anilines is 2. The molecule has 2 heterocycles. The summed E-state index contributed by atoms with van der Waals surface area (Å²) in [5.74, 6) is -0.0346. The highest BCUT2D eigenvalue weighted by Gasteiger charge is 2.18. The third kappa shape index (κ3) is 4.83. The molecule has 1 fully saturated rings. The van der Waals surface area contributed by atoms with Crippen molar-refractivity contribution in [1.82, 2.24) is 9.88 Å². The van der Waals surface area contributed by atoms with Crippen LogP contribution in [0, 0.1) is 6.92 Å². The van der Waals surface area contributed by atoms with Crippen LogP contribution in [0.1, 0.15) is 11.3 Å². The van der Waals surface area contributed by atoms with Crippen LogP contribution in [0.5, 0.6) is 0 Å². The average Bonchev–Trinajstić information content (AvgIpc) is 3.17. The highest BCUT2D eigenvalue weighted by atomic mass is 32.1. The molecule has 0 unspecified atom stereocenters. The van der Waals surface area contributed by atoms with Crippen molar-refractivity contribution in [2.24, 2.45) is 0 Å². The van der Waals surface area contributed by atoms with E-state index in [0.717, 1.165) is 53.8 Å². The minimum Gasteiger partial charge on any atom is -0.367 e. The van der Waals surface area contributed by atoms with Gasteiger partial charge in [0.2, 0.25) is 5.91 Å². The van der Waals surface area contributed by atoms with Crippen molar-refractivity contribution in [3.05, 3.63) is 65.2 Å². The summed E-state index contributed by atoms with van der Waals surface area (Å²) in [4.78, 5) is 22.0. The molecule has 6 heteroatoms. The standard InChI is InChI=1S/C23H26N4OS/c1-17-6-5-7-18(14-17)23-24-19(16-29-23)15-22(28)25-20-8-3-4-9-21(20)27-12-10-26(2)11-13-27/h3-9,14,16H,10-13,15H2,1-2H3,(H,25,28). The number of thiazole rings is 1. The Hall–Kier alpha value is -2.70. The van der Waals surface area contributed by atoms with Crippen molar-refractivity contribution in [2.45, 2.75) is 13.3 Å². The zero-order chi connectivity index (χ0) is 20.2. The van der Waals surface area contributed by atoms with Crippen LogP contribution in [-0.2, 0) is 11.2 Å². The van der Waals surface area contributed by atoms with E-state index in [1.807, 2.05) is 29.6 Å². The van der Waals surface area contributed by atoms with Gasteiger partial charge in [-0.2, -0.15) is 0 Å². The minimum atomic E-state index is -0.0346. The summed E-state index contributed by atoms with van der Waals surface area (Å²) in [7, 11) is 2.14. The van der Waals surface area contributed by atoms with Crippen molar-refractivity contribution in [3.63, 3.8) is 0 Å². The highest BCUT2D eigenvalue weighted by molar-refractivity contribution is 7.13. The predicted octanol–water partition coefficient (Wildman–Crippen LogP) is 4.05. The number of aromatic nitrogens is 1. The van der Waals surface area contributed by atoms with Crippen LogP contribution in [0.15, 0.2) is 53.9 Å². The van der Waals surface area contributed by atoms with Gasteiger partial charge in [0.1, 0.15) is 5.01 Å². The van der Waals surface area contributed by atoms with Gasteiger partial charge in [-0.1, -0.05) is 35.9 Å². The summed E-state index contributed by atoms with van der Waals surface area (Å²) >= 11 is 1.58. The molecule has 0 spiro atoms. The molecule has 1 aromatic heterocycles. The van der Waals surface area contributed by atoms with E-state index in [1.54, 1.807) is 11.3 Å². The Morgan fingerprint density at radius 1 is 1.10 bits per heavy atom. The lowest BCUT2D eigenvalue weighted by Crippen LogP contribution is -2.44. The highest BCUT2D eigenvalue weighted by Crippen LogP contribution is 2.27. The number of nitrogens with one attached hydrogen (secondary N) is 1. The van der Waals surface area contributed by atoms with Crippen LogP contribution in [0.2, 0.25) is 0 Å². The van der Waals surface area contributed by atoms with E-state index in [0.29, 0.717) is 0 Å². The molecule has 2 aromatic carbocycles. The maximum absolute atomic E-state index is 12.7. The smallest absolute Gasteiger partial charge is 0.230 e. The van der Waals surface area contributed by atoms with Gasteiger partial charge in [-0.25, -0.2) is 4.98 Å². The Labute approximate surface area is 176 Å². The van der Waals surface area contributed by atoms with Gasteiger partial charge >= 0.3 is 0 Å². The normalized spacial score (nSPS) is 14.8. The fourth-order valence-corrected chi connectivity index (χ4v) is 4.38. The number of likely N-dealkylation sites (N-methyl/N-ethyl adjacent to an activating group) is 1. The lowest BCUT2D eigenvalue weighted by atomic mass is 10.1. The summed E-state index contributed by atoms with van der Waals surface area (Å²) in [6, 6.07) is 16.3. The average molecular weight is 407 g/mol. The van der Waals surface area contributed by atoms with E-state index in [1.165, 1.54) is 5.56 Å². The second-order valence-electron chi connectivity index (χ2n) is 7.55. The summed E-state index contributed by atoms with van der Waals surface area (Å²) in [5.41, 5.74) is 5.07. The Bertz CT molecular complexity index is 992. The molecule has 0 atom stereocenters. The molecule has 0 saturated carbocycles. The molecule has 29 heavy (non-hydrogen) atoms. The van der Waals surface area contributed by atoms with Gasteiger partial charge in [-0.15, -0.1) is 11.3 Å². The maximum Gasteiger partial charge on any atom is 0.230 e. The number of hydrogen-bond donors (Lipinski definition) is 1. The number of benzene rings is 2. The third-order valence-corrected chi connectivity index (χ3v) is 6.12. The lowest BCUT2D eigenvalue weighted by Gasteiger charge is -2.35. The molecule has 1 saturated heterocycles. The van der Waals surface area contributed by atoms with Gasteiger partial charge in [-0.05, 0) is 32.2 Å². The summed E-state index contributed by atoms with van der Waals surface area (Å²) in [6.07, 6.45) is 0.277. The molecule has 0 aliphatic carbocycles. The number of nitrogens with zero attached hydrogens (tertiary/aromatic N) is 3. The largest absolute Gasteiger partial charge is 0.367 e. The number of carbonyl (C=O) groups is 1. The SMILES string of the molecule is Cc1cccc(-c2nc(CC(=O)Nc3ccccc3N3CCN(C)CC3)cs2)c1. The Morgan fingerprint density at radius 2 is 1.90 bits per heavy atom. The molecule has 0 radical (unpaired) electrons. The number of hydrogen-bond acceptors (Lipinski definition) is 5. The molecule has 3 aromatic rings.